The van der Waals surface area contributed by atoms with E-state index < -0.39 is 0 Å². The van der Waals surface area contributed by atoms with Gasteiger partial charge >= 0.3 is 0 Å². The number of morpholine rings is 1. The van der Waals surface area contributed by atoms with Gasteiger partial charge in [-0.2, -0.15) is 0 Å². The molecule has 1 unspecified atom stereocenters. The quantitative estimate of drug-likeness (QED) is 0.811. The van der Waals surface area contributed by atoms with Crippen LogP contribution in [0.1, 0.15) is 40.5 Å². The van der Waals surface area contributed by atoms with E-state index in [1.807, 2.05) is 0 Å². The van der Waals surface area contributed by atoms with E-state index in [0.717, 1.165) is 39.2 Å². The van der Waals surface area contributed by atoms with E-state index in [-0.39, 0.29) is 16.7 Å². The van der Waals surface area contributed by atoms with Gasteiger partial charge in [-0.15, -0.1) is 0 Å². The molecule has 0 spiro atoms. The van der Waals surface area contributed by atoms with Gasteiger partial charge in [0.25, 0.3) is 0 Å². The first-order chi connectivity index (χ1) is 8.31. The van der Waals surface area contributed by atoms with Crippen LogP contribution in [0.4, 0.5) is 0 Å². The first-order valence-corrected chi connectivity index (χ1v) is 7.01. The highest BCUT2D eigenvalue weighted by Crippen LogP contribution is 2.40. The SMILES string of the molecule is CC1(C)CC(CN)(N2CCOCC2(C)C)CCO1. The Balaban J connectivity index is 2.25. The Morgan fingerprint density at radius 3 is 2.44 bits per heavy atom. The van der Waals surface area contributed by atoms with Gasteiger partial charge in [-0.1, -0.05) is 0 Å². The molecule has 2 rings (SSSR count). The minimum Gasteiger partial charge on any atom is -0.378 e. The van der Waals surface area contributed by atoms with Crippen molar-refractivity contribution in [1.29, 1.82) is 0 Å². The number of nitrogens with zero attached hydrogens (tertiary/aromatic N) is 1. The maximum Gasteiger partial charge on any atom is 0.0645 e. The van der Waals surface area contributed by atoms with E-state index in [0.29, 0.717) is 6.54 Å². The van der Waals surface area contributed by atoms with Gasteiger partial charge in [0.15, 0.2) is 0 Å². The van der Waals surface area contributed by atoms with Gasteiger partial charge in [-0.05, 0) is 40.5 Å². The lowest BCUT2D eigenvalue weighted by molar-refractivity contribution is -0.167. The minimum absolute atomic E-state index is 0.0606. The molecule has 0 aliphatic carbocycles. The summed E-state index contributed by atoms with van der Waals surface area (Å²) in [5.41, 5.74) is 6.22. The third kappa shape index (κ3) is 2.57. The molecule has 0 saturated carbocycles. The number of rotatable bonds is 2. The van der Waals surface area contributed by atoms with E-state index in [2.05, 4.69) is 32.6 Å². The fraction of sp³-hybridized carbons (Fsp3) is 1.00. The van der Waals surface area contributed by atoms with E-state index in [4.69, 9.17) is 15.2 Å². The third-order valence-electron chi connectivity index (χ3n) is 4.41. The monoisotopic (exact) mass is 256 g/mol. The van der Waals surface area contributed by atoms with Crippen molar-refractivity contribution in [2.75, 3.05) is 32.9 Å². The zero-order chi connectivity index (χ0) is 13.4. The summed E-state index contributed by atoms with van der Waals surface area (Å²) in [7, 11) is 0. The molecule has 2 fully saturated rings. The van der Waals surface area contributed by atoms with Crippen LogP contribution in [-0.4, -0.2) is 54.5 Å². The molecule has 1 atom stereocenters. The van der Waals surface area contributed by atoms with Crippen LogP contribution < -0.4 is 5.73 Å². The molecule has 106 valence electrons. The zero-order valence-electron chi connectivity index (χ0n) is 12.3. The van der Waals surface area contributed by atoms with E-state index in [1.165, 1.54) is 0 Å². The summed E-state index contributed by atoms with van der Waals surface area (Å²) in [5, 5.41) is 0. The molecule has 2 N–H and O–H groups in total. The second-order valence-electron chi connectivity index (χ2n) is 6.98. The van der Waals surface area contributed by atoms with Crippen LogP contribution in [0.2, 0.25) is 0 Å². The molecular formula is C14H28N2O2. The molecule has 0 bridgehead atoms. The lowest BCUT2D eigenvalue weighted by Gasteiger charge is -2.57. The zero-order valence-corrected chi connectivity index (χ0v) is 12.3. The van der Waals surface area contributed by atoms with Crippen LogP contribution in [0.15, 0.2) is 0 Å². The van der Waals surface area contributed by atoms with Gasteiger partial charge in [0.1, 0.15) is 0 Å². The van der Waals surface area contributed by atoms with Gasteiger partial charge in [0, 0.05) is 30.8 Å². The van der Waals surface area contributed by atoms with Crippen LogP contribution >= 0.6 is 0 Å². The summed E-state index contributed by atoms with van der Waals surface area (Å²) in [6.45, 7) is 12.9. The summed E-state index contributed by atoms with van der Waals surface area (Å²) in [6.07, 6.45) is 2.02. The van der Waals surface area contributed by atoms with Crippen molar-refractivity contribution < 1.29 is 9.47 Å². The Bertz CT molecular complexity index is 304. The molecule has 2 saturated heterocycles. The molecule has 18 heavy (non-hydrogen) atoms. The highest BCUT2D eigenvalue weighted by Gasteiger charge is 2.49. The minimum atomic E-state index is -0.0774. The van der Waals surface area contributed by atoms with Crippen molar-refractivity contribution in [1.82, 2.24) is 4.90 Å². The molecule has 2 aliphatic rings. The maximum atomic E-state index is 6.17. The van der Waals surface area contributed by atoms with E-state index >= 15 is 0 Å². The number of hydrogen-bond acceptors (Lipinski definition) is 4. The topological polar surface area (TPSA) is 47.7 Å². The van der Waals surface area contributed by atoms with Gasteiger partial charge < -0.3 is 15.2 Å². The molecule has 0 amide bonds. The second kappa shape index (κ2) is 4.75. The fourth-order valence-corrected chi connectivity index (χ4v) is 3.70. The van der Waals surface area contributed by atoms with Crippen molar-refractivity contribution in [3.63, 3.8) is 0 Å². The van der Waals surface area contributed by atoms with Gasteiger partial charge in [-0.25, -0.2) is 0 Å². The highest BCUT2D eigenvalue weighted by molar-refractivity contribution is 5.04. The lowest BCUT2D eigenvalue weighted by Crippen LogP contribution is -2.69. The molecular weight excluding hydrogens is 228 g/mol. The Morgan fingerprint density at radius 2 is 1.89 bits per heavy atom. The highest BCUT2D eigenvalue weighted by atomic mass is 16.5. The van der Waals surface area contributed by atoms with Crippen LogP contribution in [0.3, 0.4) is 0 Å². The predicted molar refractivity (Wildman–Crippen MR) is 72.7 cm³/mol. The van der Waals surface area contributed by atoms with Crippen molar-refractivity contribution in [2.45, 2.75) is 57.2 Å². The maximum absolute atomic E-state index is 6.17. The Hall–Kier alpha value is -0.160. The molecule has 0 radical (unpaired) electrons. The summed E-state index contributed by atoms with van der Waals surface area (Å²) in [6, 6.07) is 0. The Kier molecular flexibility index (Phi) is 3.76. The summed E-state index contributed by atoms with van der Waals surface area (Å²) in [5.74, 6) is 0. The summed E-state index contributed by atoms with van der Waals surface area (Å²) < 4.78 is 11.5. The van der Waals surface area contributed by atoms with E-state index in [9.17, 15) is 0 Å². The fourth-order valence-electron chi connectivity index (χ4n) is 3.70. The van der Waals surface area contributed by atoms with Crippen LogP contribution in [0, 0.1) is 0 Å². The number of ether oxygens (including phenoxy) is 2. The van der Waals surface area contributed by atoms with Crippen molar-refractivity contribution in [3.05, 3.63) is 0 Å². The van der Waals surface area contributed by atoms with Gasteiger partial charge in [-0.3, -0.25) is 4.90 Å². The summed E-state index contributed by atoms with van der Waals surface area (Å²) >= 11 is 0. The third-order valence-corrected chi connectivity index (χ3v) is 4.41. The average molecular weight is 256 g/mol. The molecule has 0 aromatic carbocycles. The first-order valence-electron chi connectivity index (χ1n) is 7.01. The molecule has 0 aromatic heterocycles. The number of hydrogen-bond donors (Lipinski definition) is 1. The molecule has 2 aliphatic heterocycles. The first kappa shape index (κ1) is 14.3. The molecule has 2 heterocycles. The van der Waals surface area contributed by atoms with Crippen LogP contribution in [-0.2, 0) is 9.47 Å². The molecule has 4 heteroatoms. The summed E-state index contributed by atoms with van der Waals surface area (Å²) in [4.78, 5) is 2.58. The standard InChI is InChI=1S/C14H28N2O2/c1-12(2)11-17-8-6-16(12)14(10-15)5-7-18-13(3,4)9-14/h5-11,15H2,1-4H3. The second-order valence-corrected chi connectivity index (χ2v) is 6.98. The molecule has 4 nitrogen and oxygen atoms in total. The normalized spacial score (nSPS) is 36.5. The smallest absolute Gasteiger partial charge is 0.0645 e. The van der Waals surface area contributed by atoms with E-state index in [1.54, 1.807) is 0 Å². The predicted octanol–water partition coefficient (Wildman–Crippen LogP) is 1.38. The Labute approximate surface area is 111 Å². The van der Waals surface area contributed by atoms with Crippen molar-refractivity contribution in [3.8, 4) is 0 Å². The molecule has 0 aromatic rings. The van der Waals surface area contributed by atoms with Crippen LogP contribution in [0.5, 0.6) is 0 Å². The van der Waals surface area contributed by atoms with Gasteiger partial charge in [0.05, 0.1) is 18.8 Å². The van der Waals surface area contributed by atoms with Crippen molar-refractivity contribution >= 4 is 0 Å². The van der Waals surface area contributed by atoms with Crippen molar-refractivity contribution in [2.24, 2.45) is 5.73 Å². The lowest BCUT2D eigenvalue weighted by atomic mass is 9.77. The Morgan fingerprint density at radius 1 is 1.17 bits per heavy atom. The number of nitrogens with two attached hydrogens (primary N) is 1. The van der Waals surface area contributed by atoms with Gasteiger partial charge in [0.2, 0.25) is 0 Å². The largest absolute Gasteiger partial charge is 0.378 e. The van der Waals surface area contributed by atoms with Crippen LogP contribution in [0.25, 0.3) is 0 Å². The average Bonchev–Trinajstić information content (AvgIpc) is 2.26.